The van der Waals surface area contributed by atoms with Crippen molar-refractivity contribution in [2.24, 2.45) is 5.92 Å². The maximum absolute atomic E-state index is 12.2. The highest BCUT2D eigenvalue weighted by Gasteiger charge is 2.19. The lowest BCUT2D eigenvalue weighted by atomic mass is 10.2. The number of carbonyl (C=O) groups excluding carboxylic acids is 1. The molecule has 148 valence electrons. The monoisotopic (exact) mass is 455 g/mol. The van der Waals surface area contributed by atoms with E-state index in [1.165, 1.54) is 23.1 Å². The van der Waals surface area contributed by atoms with Crippen molar-refractivity contribution in [3.63, 3.8) is 0 Å². The van der Waals surface area contributed by atoms with Crippen molar-refractivity contribution in [2.45, 2.75) is 32.5 Å². The van der Waals surface area contributed by atoms with Crippen LogP contribution in [0.25, 0.3) is 11.4 Å². The van der Waals surface area contributed by atoms with E-state index in [4.69, 9.17) is 23.2 Å². The van der Waals surface area contributed by atoms with Gasteiger partial charge in [-0.2, -0.15) is 0 Å². The van der Waals surface area contributed by atoms with Crippen molar-refractivity contribution in [3.8, 4) is 11.4 Å². The van der Waals surface area contributed by atoms with E-state index in [1.54, 1.807) is 12.1 Å². The first kappa shape index (κ1) is 21.1. The fourth-order valence-electron chi connectivity index (χ4n) is 2.49. The molecule has 0 aliphatic rings. The Morgan fingerprint density at radius 1 is 1.32 bits per heavy atom. The lowest BCUT2D eigenvalue weighted by molar-refractivity contribution is -0.113. The van der Waals surface area contributed by atoms with Gasteiger partial charge in [-0.3, -0.25) is 4.79 Å². The highest BCUT2D eigenvalue weighted by atomic mass is 35.5. The molecule has 6 nitrogen and oxygen atoms in total. The van der Waals surface area contributed by atoms with Gasteiger partial charge in [0.05, 0.1) is 16.5 Å². The fraction of sp³-hybridized carbons (Fsp3) is 0.333. The fourth-order valence-corrected chi connectivity index (χ4v) is 4.44. The molecule has 2 heterocycles. The van der Waals surface area contributed by atoms with E-state index in [0.717, 1.165) is 11.3 Å². The summed E-state index contributed by atoms with van der Waals surface area (Å²) in [5.74, 6) is 1.11. The van der Waals surface area contributed by atoms with E-state index in [-0.39, 0.29) is 11.7 Å². The summed E-state index contributed by atoms with van der Waals surface area (Å²) in [6.07, 6.45) is 0. The number of hydrogen-bond acceptors (Lipinski definition) is 6. The molecule has 1 amide bonds. The van der Waals surface area contributed by atoms with Crippen LogP contribution >= 0.6 is 46.3 Å². The molecule has 0 bridgehead atoms. The Morgan fingerprint density at radius 3 is 2.75 bits per heavy atom. The zero-order valence-electron chi connectivity index (χ0n) is 15.6. The van der Waals surface area contributed by atoms with E-state index in [9.17, 15) is 4.79 Å². The van der Waals surface area contributed by atoms with Crippen LogP contribution in [-0.2, 0) is 11.3 Å². The Balaban J connectivity index is 1.79. The van der Waals surface area contributed by atoms with Gasteiger partial charge in [0.1, 0.15) is 0 Å². The van der Waals surface area contributed by atoms with Gasteiger partial charge in [0.2, 0.25) is 5.91 Å². The minimum absolute atomic E-state index is 0.135. The predicted octanol–water partition coefficient (Wildman–Crippen LogP) is 5.40. The first-order valence-electron chi connectivity index (χ1n) is 8.57. The van der Waals surface area contributed by atoms with Crippen LogP contribution in [0, 0.1) is 12.8 Å². The van der Waals surface area contributed by atoms with Gasteiger partial charge in [0, 0.05) is 22.5 Å². The molecular formula is C18H19Cl2N5OS2. The van der Waals surface area contributed by atoms with Crippen LogP contribution < -0.4 is 5.32 Å². The van der Waals surface area contributed by atoms with Gasteiger partial charge in [-0.15, -0.1) is 21.5 Å². The quantitative estimate of drug-likeness (QED) is 0.482. The van der Waals surface area contributed by atoms with Crippen LogP contribution in [0.3, 0.4) is 0 Å². The van der Waals surface area contributed by atoms with E-state index < -0.39 is 0 Å². The predicted molar refractivity (Wildman–Crippen MR) is 117 cm³/mol. The largest absolute Gasteiger partial charge is 0.302 e. The van der Waals surface area contributed by atoms with E-state index in [2.05, 4.69) is 34.3 Å². The van der Waals surface area contributed by atoms with Gasteiger partial charge in [-0.1, -0.05) is 48.8 Å². The molecule has 0 saturated heterocycles. The lowest BCUT2D eigenvalue weighted by Gasteiger charge is -2.13. The molecule has 0 unspecified atom stereocenters. The number of thiazole rings is 1. The molecule has 0 atom stereocenters. The van der Waals surface area contributed by atoms with Crippen molar-refractivity contribution < 1.29 is 4.79 Å². The SMILES string of the molecule is Cc1csc(NC(=O)CSc2nnc(-c3ccc(Cl)cc3Cl)n2CC(C)C)n1. The van der Waals surface area contributed by atoms with Crippen molar-refractivity contribution in [1.82, 2.24) is 19.7 Å². The van der Waals surface area contributed by atoms with Crippen molar-refractivity contribution in [1.29, 1.82) is 0 Å². The topological polar surface area (TPSA) is 72.7 Å². The normalized spacial score (nSPS) is 11.2. The standard InChI is InChI=1S/C18H19Cl2N5OS2/c1-10(2)7-25-16(13-5-4-12(19)6-14(13)20)23-24-18(25)28-9-15(26)22-17-21-11(3)8-27-17/h4-6,8,10H,7,9H2,1-3H3,(H,21,22,26). The molecule has 0 saturated carbocycles. The molecule has 0 aliphatic carbocycles. The van der Waals surface area contributed by atoms with E-state index in [0.29, 0.717) is 38.6 Å². The van der Waals surface area contributed by atoms with Crippen molar-refractivity contribution in [3.05, 3.63) is 39.3 Å². The van der Waals surface area contributed by atoms with Crippen LogP contribution in [-0.4, -0.2) is 31.4 Å². The Hall–Kier alpha value is -1.61. The first-order valence-corrected chi connectivity index (χ1v) is 11.2. The van der Waals surface area contributed by atoms with Crippen LogP contribution in [0.15, 0.2) is 28.7 Å². The molecule has 3 rings (SSSR count). The van der Waals surface area contributed by atoms with Gasteiger partial charge in [-0.25, -0.2) is 4.98 Å². The second-order valence-electron chi connectivity index (χ2n) is 6.57. The number of thioether (sulfide) groups is 1. The van der Waals surface area contributed by atoms with Gasteiger partial charge < -0.3 is 9.88 Å². The minimum Gasteiger partial charge on any atom is -0.302 e. The second-order valence-corrected chi connectivity index (χ2v) is 9.21. The lowest BCUT2D eigenvalue weighted by Crippen LogP contribution is -2.15. The number of aryl methyl sites for hydroxylation is 1. The molecular weight excluding hydrogens is 437 g/mol. The zero-order valence-corrected chi connectivity index (χ0v) is 18.7. The summed E-state index contributed by atoms with van der Waals surface area (Å²) in [6, 6.07) is 5.29. The molecule has 0 radical (unpaired) electrons. The molecule has 0 fully saturated rings. The molecule has 3 aromatic rings. The molecule has 1 aromatic carbocycles. The number of carbonyl (C=O) groups is 1. The summed E-state index contributed by atoms with van der Waals surface area (Å²) in [4.78, 5) is 16.5. The smallest absolute Gasteiger partial charge is 0.236 e. The molecule has 28 heavy (non-hydrogen) atoms. The summed E-state index contributed by atoms with van der Waals surface area (Å²) >= 11 is 15.1. The number of amides is 1. The Kier molecular flexibility index (Phi) is 6.98. The van der Waals surface area contributed by atoms with Gasteiger partial charge in [0.15, 0.2) is 16.1 Å². The Morgan fingerprint density at radius 2 is 2.11 bits per heavy atom. The van der Waals surface area contributed by atoms with Gasteiger partial charge in [-0.05, 0) is 31.0 Å². The third-order valence-electron chi connectivity index (χ3n) is 3.63. The summed E-state index contributed by atoms with van der Waals surface area (Å²) in [7, 11) is 0. The minimum atomic E-state index is -0.135. The second kappa shape index (κ2) is 9.26. The molecule has 1 N–H and O–H groups in total. The van der Waals surface area contributed by atoms with E-state index in [1.807, 2.05) is 22.9 Å². The summed E-state index contributed by atoms with van der Waals surface area (Å²) in [5.41, 5.74) is 1.64. The highest BCUT2D eigenvalue weighted by molar-refractivity contribution is 7.99. The number of aromatic nitrogens is 4. The van der Waals surface area contributed by atoms with Crippen LogP contribution in [0.4, 0.5) is 5.13 Å². The maximum atomic E-state index is 12.2. The number of anilines is 1. The molecule has 2 aromatic heterocycles. The summed E-state index contributed by atoms with van der Waals surface area (Å²) in [6.45, 7) is 6.81. The number of nitrogens with one attached hydrogen (secondary N) is 1. The molecule has 10 heteroatoms. The average Bonchev–Trinajstić information content (AvgIpc) is 3.19. The van der Waals surface area contributed by atoms with Crippen LogP contribution in [0.2, 0.25) is 10.0 Å². The first-order chi connectivity index (χ1) is 13.3. The van der Waals surface area contributed by atoms with Gasteiger partial charge >= 0.3 is 0 Å². The zero-order chi connectivity index (χ0) is 20.3. The van der Waals surface area contributed by atoms with Crippen molar-refractivity contribution in [2.75, 3.05) is 11.1 Å². The number of benzene rings is 1. The van der Waals surface area contributed by atoms with Crippen LogP contribution in [0.1, 0.15) is 19.5 Å². The summed E-state index contributed by atoms with van der Waals surface area (Å²) < 4.78 is 1.99. The number of rotatable bonds is 7. The van der Waals surface area contributed by atoms with Gasteiger partial charge in [0.25, 0.3) is 0 Å². The highest BCUT2D eigenvalue weighted by Crippen LogP contribution is 2.32. The number of hydrogen-bond donors (Lipinski definition) is 1. The molecule has 0 aliphatic heterocycles. The average molecular weight is 456 g/mol. The maximum Gasteiger partial charge on any atom is 0.236 e. The number of halogens is 2. The molecule has 0 spiro atoms. The van der Waals surface area contributed by atoms with E-state index >= 15 is 0 Å². The number of nitrogens with zero attached hydrogens (tertiary/aromatic N) is 4. The Labute approximate surface area is 181 Å². The summed E-state index contributed by atoms with van der Waals surface area (Å²) in [5, 5.41) is 15.6. The van der Waals surface area contributed by atoms with Crippen LogP contribution in [0.5, 0.6) is 0 Å². The Bertz CT molecular complexity index is 986. The van der Waals surface area contributed by atoms with Crippen molar-refractivity contribution >= 4 is 57.3 Å². The third-order valence-corrected chi connectivity index (χ3v) is 6.02. The third kappa shape index (κ3) is 5.26.